The Labute approximate surface area is 96.6 Å². The normalized spacial score (nSPS) is 37.1. The van der Waals surface area contributed by atoms with Crippen LogP contribution in [0.3, 0.4) is 0 Å². The minimum atomic E-state index is -1.48. The zero-order chi connectivity index (χ0) is 13.0. The fourth-order valence-electron chi connectivity index (χ4n) is 1.69. The quantitative estimate of drug-likeness (QED) is 0.264. The molecule has 1 saturated heterocycles. The van der Waals surface area contributed by atoms with Gasteiger partial charge in [0.15, 0.2) is 6.29 Å². The second kappa shape index (κ2) is 5.80. The summed E-state index contributed by atoms with van der Waals surface area (Å²) in [6.45, 7) is 0.685. The van der Waals surface area contributed by atoms with Gasteiger partial charge in [0, 0.05) is 11.8 Å². The van der Waals surface area contributed by atoms with Crippen LogP contribution in [0.5, 0.6) is 0 Å². The number of aliphatic hydroxyl groups is 3. The number of amides is 1. The SMILES string of the molecule is CC(=O)N[C@H]1[C@@H](O)[C@H](N=[N+]=[N-])[C@@H](CO)O[C@@H]1O. The molecule has 0 aromatic heterocycles. The molecule has 1 amide bonds. The standard InChI is InChI=1S/C8H14N4O5/c1-3(14)10-6-7(15)5(11-12-9)4(2-13)17-8(6)16/h4-8,13,15-16H,2H2,1H3,(H,10,14)/t4-,5-,6+,7+,8+/m1/s1. The zero-order valence-electron chi connectivity index (χ0n) is 9.09. The van der Waals surface area contributed by atoms with Crippen LogP contribution in [0, 0.1) is 0 Å². The van der Waals surface area contributed by atoms with E-state index in [9.17, 15) is 15.0 Å². The summed E-state index contributed by atoms with van der Waals surface area (Å²) in [5, 5.41) is 33.9. The molecule has 0 saturated carbocycles. The summed E-state index contributed by atoms with van der Waals surface area (Å²) in [5.74, 6) is -0.473. The number of hydrogen-bond acceptors (Lipinski definition) is 6. The highest BCUT2D eigenvalue weighted by Gasteiger charge is 2.44. The lowest BCUT2D eigenvalue weighted by Gasteiger charge is -2.40. The summed E-state index contributed by atoms with van der Waals surface area (Å²) in [6.07, 6.45) is -3.83. The van der Waals surface area contributed by atoms with E-state index < -0.39 is 43.1 Å². The van der Waals surface area contributed by atoms with Crippen molar-refractivity contribution in [2.24, 2.45) is 5.11 Å². The van der Waals surface area contributed by atoms with Gasteiger partial charge < -0.3 is 25.4 Å². The lowest BCUT2D eigenvalue weighted by molar-refractivity contribution is -0.221. The fraction of sp³-hybridized carbons (Fsp3) is 0.875. The van der Waals surface area contributed by atoms with Gasteiger partial charge in [0.05, 0.1) is 24.9 Å². The largest absolute Gasteiger partial charge is 0.394 e. The summed E-state index contributed by atoms with van der Waals surface area (Å²) in [6, 6.07) is -2.18. The average Bonchev–Trinajstić information content (AvgIpc) is 2.27. The van der Waals surface area contributed by atoms with E-state index in [-0.39, 0.29) is 0 Å². The first-order valence-electron chi connectivity index (χ1n) is 4.95. The van der Waals surface area contributed by atoms with Crippen LogP contribution in [0.25, 0.3) is 10.4 Å². The molecule has 0 aromatic rings. The Hall–Kier alpha value is -1.38. The third-order valence-electron chi connectivity index (χ3n) is 2.46. The van der Waals surface area contributed by atoms with Gasteiger partial charge in [0.2, 0.25) is 5.91 Å². The molecule has 1 rings (SSSR count). The molecular formula is C8H14N4O5. The molecule has 9 heteroatoms. The van der Waals surface area contributed by atoms with Crippen molar-refractivity contribution < 1.29 is 24.9 Å². The number of azide groups is 1. The maximum absolute atomic E-state index is 10.9. The second-order valence-corrected chi connectivity index (χ2v) is 3.66. The molecule has 0 bridgehead atoms. The van der Waals surface area contributed by atoms with E-state index in [1.54, 1.807) is 0 Å². The van der Waals surface area contributed by atoms with E-state index in [1.165, 1.54) is 6.92 Å². The predicted octanol–water partition coefficient (Wildman–Crippen LogP) is -1.76. The average molecular weight is 246 g/mol. The highest BCUT2D eigenvalue weighted by Crippen LogP contribution is 2.22. The number of aliphatic hydroxyl groups excluding tert-OH is 3. The first-order valence-corrected chi connectivity index (χ1v) is 4.95. The molecule has 0 aromatic carbocycles. The number of nitrogens with one attached hydrogen (secondary N) is 1. The number of nitrogens with zero attached hydrogens (tertiary/aromatic N) is 3. The van der Waals surface area contributed by atoms with Crippen molar-refractivity contribution in [3.05, 3.63) is 10.4 Å². The Morgan fingerprint density at radius 1 is 1.59 bits per heavy atom. The Morgan fingerprint density at radius 3 is 2.71 bits per heavy atom. The molecule has 1 heterocycles. The van der Waals surface area contributed by atoms with E-state index in [0.29, 0.717) is 0 Å². The van der Waals surface area contributed by atoms with Crippen LogP contribution in [0.2, 0.25) is 0 Å². The number of carbonyl (C=O) groups excluding carboxylic acids is 1. The molecule has 17 heavy (non-hydrogen) atoms. The van der Waals surface area contributed by atoms with Crippen LogP contribution in [-0.2, 0) is 9.53 Å². The summed E-state index contributed by atoms with van der Waals surface area (Å²) >= 11 is 0. The van der Waals surface area contributed by atoms with Gasteiger partial charge >= 0.3 is 0 Å². The Morgan fingerprint density at radius 2 is 2.24 bits per heavy atom. The third-order valence-corrected chi connectivity index (χ3v) is 2.46. The molecule has 9 nitrogen and oxygen atoms in total. The van der Waals surface area contributed by atoms with E-state index in [0.717, 1.165) is 0 Å². The highest BCUT2D eigenvalue weighted by molar-refractivity contribution is 5.73. The van der Waals surface area contributed by atoms with Crippen LogP contribution >= 0.6 is 0 Å². The van der Waals surface area contributed by atoms with Gasteiger partial charge in [-0.3, -0.25) is 4.79 Å². The van der Waals surface area contributed by atoms with Crippen LogP contribution < -0.4 is 5.32 Å². The first-order chi connectivity index (χ1) is 8.01. The van der Waals surface area contributed by atoms with Crippen LogP contribution in [0.15, 0.2) is 5.11 Å². The predicted molar refractivity (Wildman–Crippen MR) is 54.5 cm³/mol. The zero-order valence-corrected chi connectivity index (χ0v) is 9.09. The highest BCUT2D eigenvalue weighted by atomic mass is 16.6. The molecule has 0 radical (unpaired) electrons. The molecule has 0 unspecified atom stereocenters. The summed E-state index contributed by atoms with van der Waals surface area (Å²) in [7, 11) is 0. The topological polar surface area (TPSA) is 148 Å². The molecule has 96 valence electrons. The first kappa shape index (κ1) is 13.7. The molecule has 1 aliphatic rings. The maximum atomic E-state index is 10.9. The van der Waals surface area contributed by atoms with Crippen molar-refractivity contribution >= 4 is 5.91 Å². The Bertz CT molecular complexity index is 332. The number of hydrogen-bond donors (Lipinski definition) is 4. The molecule has 0 aliphatic carbocycles. The van der Waals surface area contributed by atoms with Crippen molar-refractivity contribution in [2.75, 3.05) is 6.61 Å². The van der Waals surface area contributed by atoms with Crippen molar-refractivity contribution in [3.63, 3.8) is 0 Å². The van der Waals surface area contributed by atoms with Gasteiger partial charge in [-0.1, -0.05) is 5.11 Å². The number of rotatable bonds is 3. The van der Waals surface area contributed by atoms with Crippen LogP contribution in [0.1, 0.15) is 6.92 Å². The molecule has 0 spiro atoms. The van der Waals surface area contributed by atoms with Gasteiger partial charge in [0.25, 0.3) is 0 Å². The molecule has 1 aliphatic heterocycles. The van der Waals surface area contributed by atoms with E-state index >= 15 is 0 Å². The molecule has 5 atom stereocenters. The van der Waals surface area contributed by atoms with Crippen LogP contribution in [0.4, 0.5) is 0 Å². The van der Waals surface area contributed by atoms with Gasteiger partial charge in [-0.05, 0) is 5.53 Å². The molecular weight excluding hydrogens is 232 g/mol. The van der Waals surface area contributed by atoms with Crippen LogP contribution in [-0.4, -0.2) is 58.4 Å². The molecule has 4 N–H and O–H groups in total. The van der Waals surface area contributed by atoms with Gasteiger partial charge in [0.1, 0.15) is 6.04 Å². The van der Waals surface area contributed by atoms with Gasteiger partial charge in [-0.25, -0.2) is 0 Å². The van der Waals surface area contributed by atoms with Crippen molar-refractivity contribution in [1.29, 1.82) is 0 Å². The molecule has 1 fully saturated rings. The smallest absolute Gasteiger partial charge is 0.217 e. The Balaban J connectivity index is 2.88. The van der Waals surface area contributed by atoms with E-state index in [2.05, 4.69) is 15.3 Å². The number of carbonyl (C=O) groups is 1. The second-order valence-electron chi connectivity index (χ2n) is 3.66. The lowest BCUT2D eigenvalue weighted by atomic mass is 9.95. The minimum Gasteiger partial charge on any atom is -0.394 e. The number of ether oxygens (including phenoxy) is 1. The van der Waals surface area contributed by atoms with Gasteiger partial charge in [-0.15, -0.1) is 0 Å². The Kier molecular flexibility index (Phi) is 4.67. The van der Waals surface area contributed by atoms with E-state index in [1.807, 2.05) is 0 Å². The summed E-state index contributed by atoms with van der Waals surface area (Å²) in [5.41, 5.74) is 8.34. The minimum absolute atomic E-state index is 0.473. The summed E-state index contributed by atoms with van der Waals surface area (Å²) in [4.78, 5) is 13.4. The van der Waals surface area contributed by atoms with Crippen molar-refractivity contribution in [1.82, 2.24) is 5.32 Å². The van der Waals surface area contributed by atoms with E-state index in [4.69, 9.17) is 15.4 Å². The van der Waals surface area contributed by atoms with Crippen molar-refractivity contribution in [2.45, 2.75) is 37.5 Å². The fourth-order valence-corrected chi connectivity index (χ4v) is 1.69. The van der Waals surface area contributed by atoms with Gasteiger partial charge in [-0.2, -0.15) is 0 Å². The maximum Gasteiger partial charge on any atom is 0.217 e. The monoisotopic (exact) mass is 246 g/mol. The third kappa shape index (κ3) is 3.05. The van der Waals surface area contributed by atoms with Crippen molar-refractivity contribution in [3.8, 4) is 0 Å². The lowest BCUT2D eigenvalue weighted by Crippen LogP contribution is -2.63. The summed E-state index contributed by atoms with van der Waals surface area (Å²) < 4.78 is 4.95.